The average molecular weight is 349 g/mol. The van der Waals surface area contributed by atoms with Gasteiger partial charge in [0.05, 0.1) is 5.69 Å². The molecule has 0 aliphatic carbocycles. The zero-order valence-corrected chi connectivity index (χ0v) is 16.5. The van der Waals surface area contributed by atoms with Gasteiger partial charge in [0, 0.05) is 32.4 Å². The van der Waals surface area contributed by atoms with E-state index >= 15 is 0 Å². The van der Waals surface area contributed by atoms with Gasteiger partial charge < -0.3 is 15.5 Å². The van der Waals surface area contributed by atoms with Gasteiger partial charge in [-0.2, -0.15) is 5.10 Å². The molecule has 0 saturated carbocycles. The number of aromatic nitrogens is 2. The van der Waals surface area contributed by atoms with Crippen LogP contribution >= 0.6 is 0 Å². The first-order chi connectivity index (χ1) is 12.1. The molecule has 6 nitrogen and oxygen atoms in total. The first kappa shape index (κ1) is 19.8. The van der Waals surface area contributed by atoms with Crippen molar-refractivity contribution in [2.24, 2.45) is 10.9 Å². The monoisotopic (exact) mass is 348 g/mol. The summed E-state index contributed by atoms with van der Waals surface area (Å²) in [5.41, 5.74) is 2.32. The average Bonchev–Trinajstić information content (AvgIpc) is 2.93. The van der Waals surface area contributed by atoms with Crippen molar-refractivity contribution in [3.63, 3.8) is 0 Å². The number of piperidine rings is 1. The summed E-state index contributed by atoms with van der Waals surface area (Å²) in [6.07, 6.45) is 4.89. The minimum Gasteiger partial charge on any atom is -0.356 e. The molecule has 1 fully saturated rings. The van der Waals surface area contributed by atoms with Crippen LogP contribution in [0.1, 0.15) is 44.0 Å². The van der Waals surface area contributed by atoms with Crippen molar-refractivity contribution < 1.29 is 0 Å². The standard InChI is InChI=1S/C19H36N6/c1-5-10-24-12-7-18(8-13-24)15-22-19(20-4)21-9-6-11-25-17(3)14-16(2)23-25/h14,18H,5-13,15H2,1-4H3,(H2,20,21,22). The molecule has 2 rings (SSSR count). The Bertz CT molecular complexity index is 528. The summed E-state index contributed by atoms with van der Waals surface area (Å²) in [6, 6.07) is 2.12. The molecule has 0 atom stereocenters. The lowest BCUT2D eigenvalue weighted by Gasteiger charge is -2.32. The molecule has 0 aromatic carbocycles. The molecular formula is C19H36N6. The summed E-state index contributed by atoms with van der Waals surface area (Å²) in [6.45, 7) is 13.0. The molecule has 0 unspecified atom stereocenters. The third-order valence-corrected chi connectivity index (χ3v) is 4.97. The van der Waals surface area contributed by atoms with E-state index in [1.54, 1.807) is 0 Å². The Kier molecular flexibility index (Phi) is 8.25. The fourth-order valence-electron chi connectivity index (χ4n) is 3.53. The summed E-state index contributed by atoms with van der Waals surface area (Å²) in [4.78, 5) is 6.93. The minimum atomic E-state index is 0.765. The van der Waals surface area contributed by atoms with Gasteiger partial charge in [-0.3, -0.25) is 9.67 Å². The first-order valence-corrected chi connectivity index (χ1v) is 9.80. The van der Waals surface area contributed by atoms with E-state index in [-0.39, 0.29) is 0 Å². The highest BCUT2D eigenvalue weighted by molar-refractivity contribution is 5.79. The van der Waals surface area contributed by atoms with E-state index in [4.69, 9.17) is 0 Å². The van der Waals surface area contributed by atoms with Crippen LogP contribution in [0.3, 0.4) is 0 Å². The largest absolute Gasteiger partial charge is 0.356 e. The summed E-state index contributed by atoms with van der Waals surface area (Å²) in [5, 5.41) is 11.4. The molecule has 2 heterocycles. The predicted molar refractivity (Wildman–Crippen MR) is 105 cm³/mol. The van der Waals surface area contributed by atoms with Gasteiger partial charge in [-0.05, 0) is 71.1 Å². The first-order valence-electron chi connectivity index (χ1n) is 9.80. The second kappa shape index (κ2) is 10.4. The maximum Gasteiger partial charge on any atom is 0.190 e. The predicted octanol–water partition coefficient (Wildman–Crippen LogP) is 2.18. The van der Waals surface area contributed by atoms with Crippen LogP contribution in [-0.4, -0.2) is 60.4 Å². The molecule has 1 aromatic rings. The summed E-state index contributed by atoms with van der Waals surface area (Å²) in [7, 11) is 1.85. The van der Waals surface area contributed by atoms with Gasteiger partial charge in [0.1, 0.15) is 0 Å². The number of likely N-dealkylation sites (tertiary alicyclic amines) is 1. The number of nitrogens with one attached hydrogen (secondary N) is 2. The van der Waals surface area contributed by atoms with Crippen molar-refractivity contribution in [2.75, 3.05) is 39.8 Å². The Morgan fingerprint density at radius 1 is 1.24 bits per heavy atom. The topological polar surface area (TPSA) is 57.5 Å². The summed E-state index contributed by atoms with van der Waals surface area (Å²) < 4.78 is 2.08. The van der Waals surface area contributed by atoms with Crippen LogP contribution in [0.4, 0.5) is 0 Å². The van der Waals surface area contributed by atoms with E-state index in [9.17, 15) is 0 Å². The molecule has 1 saturated heterocycles. The Morgan fingerprint density at radius 3 is 2.60 bits per heavy atom. The number of nitrogens with zero attached hydrogens (tertiary/aromatic N) is 4. The van der Waals surface area contributed by atoms with Crippen molar-refractivity contribution in [2.45, 2.75) is 53.0 Å². The van der Waals surface area contributed by atoms with Crippen LogP contribution in [0.2, 0.25) is 0 Å². The molecule has 0 amide bonds. The quantitative estimate of drug-likeness (QED) is 0.429. The van der Waals surface area contributed by atoms with Crippen LogP contribution in [0.25, 0.3) is 0 Å². The van der Waals surface area contributed by atoms with Crippen LogP contribution in [0, 0.1) is 19.8 Å². The smallest absolute Gasteiger partial charge is 0.190 e. The molecule has 6 heteroatoms. The van der Waals surface area contributed by atoms with E-state index in [0.29, 0.717) is 0 Å². The van der Waals surface area contributed by atoms with Crippen molar-refractivity contribution in [1.82, 2.24) is 25.3 Å². The number of rotatable bonds is 8. The number of aryl methyl sites for hydroxylation is 3. The zero-order chi connectivity index (χ0) is 18.1. The molecule has 0 bridgehead atoms. The van der Waals surface area contributed by atoms with Gasteiger partial charge in [0.25, 0.3) is 0 Å². The van der Waals surface area contributed by atoms with E-state index < -0.39 is 0 Å². The second-order valence-electron chi connectivity index (χ2n) is 7.17. The highest BCUT2D eigenvalue weighted by atomic mass is 15.3. The second-order valence-corrected chi connectivity index (χ2v) is 7.17. The number of hydrogen-bond donors (Lipinski definition) is 2. The Balaban J connectivity index is 1.60. The lowest BCUT2D eigenvalue weighted by Crippen LogP contribution is -2.43. The minimum absolute atomic E-state index is 0.765. The number of guanidine groups is 1. The SMILES string of the molecule is CCCN1CCC(CNC(=NC)NCCCn2nc(C)cc2C)CC1. The van der Waals surface area contributed by atoms with E-state index in [1.165, 1.54) is 44.6 Å². The third kappa shape index (κ3) is 6.69. The molecule has 0 spiro atoms. The van der Waals surface area contributed by atoms with Gasteiger partial charge in [-0.1, -0.05) is 6.92 Å². The number of hydrogen-bond acceptors (Lipinski definition) is 3. The van der Waals surface area contributed by atoms with Crippen LogP contribution in [0.5, 0.6) is 0 Å². The Labute approximate surface area is 153 Å². The van der Waals surface area contributed by atoms with Crippen molar-refractivity contribution in [3.05, 3.63) is 17.5 Å². The van der Waals surface area contributed by atoms with Crippen LogP contribution in [0.15, 0.2) is 11.1 Å². The van der Waals surface area contributed by atoms with Crippen LogP contribution in [-0.2, 0) is 6.54 Å². The van der Waals surface area contributed by atoms with E-state index in [0.717, 1.165) is 43.6 Å². The van der Waals surface area contributed by atoms with Gasteiger partial charge in [-0.25, -0.2) is 0 Å². The molecule has 142 valence electrons. The summed E-state index contributed by atoms with van der Waals surface area (Å²) >= 11 is 0. The lowest BCUT2D eigenvalue weighted by molar-refractivity contribution is 0.185. The zero-order valence-electron chi connectivity index (χ0n) is 16.5. The van der Waals surface area contributed by atoms with Gasteiger partial charge in [0.15, 0.2) is 5.96 Å². The molecule has 1 aliphatic rings. The summed E-state index contributed by atoms with van der Waals surface area (Å²) in [5.74, 6) is 1.69. The highest BCUT2D eigenvalue weighted by Crippen LogP contribution is 2.16. The van der Waals surface area contributed by atoms with Gasteiger partial charge >= 0.3 is 0 Å². The Morgan fingerprint density at radius 2 is 2.00 bits per heavy atom. The fraction of sp³-hybridized carbons (Fsp3) is 0.789. The Hall–Kier alpha value is -1.56. The van der Waals surface area contributed by atoms with Gasteiger partial charge in [0.2, 0.25) is 0 Å². The van der Waals surface area contributed by atoms with Crippen LogP contribution < -0.4 is 10.6 Å². The van der Waals surface area contributed by atoms with Crippen molar-refractivity contribution in [1.29, 1.82) is 0 Å². The third-order valence-electron chi connectivity index (χ3n) is 4.97. The number of aliphatic imine (C=N–C) groups is 1. The van der Waals surface area contributed by atoms with E-state index in [1.807, 2.05) is 14.0 Å². The van der Waals surface area contributed by atoms with E-state index in [2.05, 4.69) is 50.2 Å². The molecule has 1 aromatic heterocycles. The molecule has 25 heavy (non-hydrogen) atoms. The maximum atomic E-state index is 4.50. The van der Waals surface area contributed by atoms with Crippen molar-refractivity contribution >= 4 is 5.96 Å². The normalized spacial score (nSPS) is 17.0. The van der Waals surface area contributed by atoms with Crippen molar-refractivity contribution in [3.8, 4) is 0 Å². The molecule has 1 aliphatic heterocycles. The molecule has 0 radical (unpaired) electrons. The molecular weight excluding hydrogens is 312 g/mol. The van der Waals surface area contributed by atoms with Gasteiger partial charge in [-0.15, -0.1) is 0 Å². The molecule has 2 N–H and O–H groups in total. The maximum absolute atomic E-state index is 4.50. The highest BCUT2D eigenvalue weighted by Gasteiger charge is 2.18. The fourth-order valence-corrected chi connectivity index (χ4v) is 3.53. The lowest BCUT2D eigenvalue weighted by atomic mass is 9.97.